The highest BCUT2D eigenvalue weighted by Crippen LogP contribution is 2.27. The number of phenolic OH excluding ortho intramolecular Hbond substituents is 1. The Hall–Kier alpha value is -2.14. The maximum absolute atomic E-state index is 12.3. The molecule has 2 aromatic rings. The first-order chi connectivity index (χ1) is 9.27. The first-order valence-electron chi connectivity index (χ1n) is 6.21. The Balaban J connectivity index is 2.00. The van der Waals surface area contributed by atoms with E-state index in [1.807, 2.05) is 6.07 Å². The lowest BCUT2D eigenvalue weighted by Crippen LogP contribution is -2.40. The Kier molecular flexibility index (Phi) is 3.05. The summed E-state index contributed by atoms with van der Waals surface area (Å²) in [6.07, 6.45) is 1.60. The van der Waals surface area contributed by atoms with Crippen molar-refractivity contribution in [2.75, 3.05) is 26.3 Å². The van der Waals surface area contributed by atoms with Gasteiger partial charge in [0.1, 0.15) is 5.52 Å². The molecule has 1 N–H and O–H groups in total. The summed E-state index contributed by atoms with van der Waals surface area (Å²) in [5.74, 6) is -0.219. The first kappa shape index (κ1) is 11.9. The number of amides is 1. The van der Waals surface area contributed by atoms with E-state index in [1.54, 1.807) is 29.3 Å². The Morgan fingerprint density at radius 3 is 2.84 bits per heavy atom. The predicted octanol–water partition coefficient (Wildman–Crippen LogP) is 1.41. The van der Waals surface area contributed by atoms with Gasteiger partial charge in [0.25, 0.3) is 5.91 Å². The molecule has 1 saturated heterocycles. The second kappa shape index (κ2) is 4.85. The monoisotopic (exact) mass is 258 g/mol. The lowest BCUT2D eigenvalue weighted by Gasteiger charge is -2.27. The van der Waals surface area contributed by atoms with Crippen molar-refractivity contribution in [3.8, 4) is 5.75 Å². The number of carbonyl (C=O) groups excluding carboxylic acids is 1. The van der Waals surface area contributed by atoms with Crippen LogP contribution < -0.4 is 0 Å². The van der Waals surface area contributed by atoms with Crippen LogP contribution in [0.1, 0.15) is 10.4 Å². The van der Waals surface area contributed by atoms with Crippen molar-refractivity contribution in [2.45, 2.75) is 0 Å². The molecule has 0 radical (unpaired) electrons. The minimum absolute atomic E-state index is 0.0467. The number of morpholine rings is 1. The van der Waals surface area contributed by atoms with Gasteiger partial charge in [-0.3, -0.25) is 9.78 Å². The summed E-state index contributed by atoms with van der Waals surface area (Å²) < 4.78 is 5.22. The Morgan fingerprint density at radius 1 is 1.26 bits per heavy atom. The van der Waals surface area contributed by atoms with E-state index in [4.69, 9.17) is 4.74 Å². The average Bonchev–Trinajstić information content (AvgIpc) is 2.48. The summed E-state index contributed by atoms with van der Waals surface area (Å²) in [7, 11) is 0. The molecular weight excluding hydrogens is 244 g/mol. The number of rotatable bonds is 1. The summed E-state index contributed by atoms with van der Waals surface area (Å²) in [5.41, 5.74) is 0.759. The molecule has 2 heterocycles. The van der Waals surface area contributed by atoms with Gasteiger partial charge >= 0.3 is 0 Å². The van der Waals surface area contributed by atoms with Crippen LogP contribution in [0.15, 0.2) is 30.5 Å². The van der Waals surface area contributed by atoms with Gasteiger partial charge in [-0.15, -0.1) is 0 Å². The number of phenols is 1. The number of hydrogen-bond donors (Lipinski definition) is 1. The minimum atomic E-state index is -0.173. The van der Waals surface area contributed by atoms with Crippen LogP contribution in [0.2, 0.25) is 0 Å². The van der Waals surface area contributed by atoms with Crippen LogP contribution in [0.4, 0.5) is 0 Å². The van der Waals surface area contributed by atoms with E-state index >= 15 is 0 Å². The normalized spacial score (nSPS) is 15.7. The third kappa shape index (κ3) is 2.13. The van der Waals surface area contributed by atoms with Gasteiger partial charge < -0.3 is 14.7 Å². The number of hydrogen-bond acceptors (Lipinski definition) is 4. The zero-order valence-electron chi connectivity index (χ0n) is 10.4. The van der Waals surface area contributed by atoms with Crippen molar-refractivity contribution in [1.82, 2.24) is 9.88 Å². The Morgan fingerprint density at radius 2 is 2.05 bits per heavy atom. The zero-order valence-corrected chi connectivity index (χ0v) is 10.4. The molecular formula is C14H14N2O3. The highest BCUT2D eigenvalue weighted by molar-refractivity contribution is 6.02. The molecule has 5 heteroatoms. The van der Waals surface area contributed by atoms with Gasteiger partial charge in [0.05, 0.1) is 18.8 Å². The number of aromatic hydroxyl groups is 1. The second-order valence-electron chi connectivity index (χ2n) is 4.44. The molecule has 0 spiro atoms. The molecule has 0 saturated carbocycles. The number of pyridine rings is 1. The van der Waals surface area contributed by atoms with E-state index in [-0.39, 0.29) is 11.7 Å². The van der Waals surface area contributed by atoms with Gasteiger partial charge in [0, 0.05) is 24.7 Å². The zero-order chi connectivity index (χ0) is 13.2. The molecule has 1 aromatic heterocycles. The predicted molar refractivity (Wildman–Crippen MR) is 70.1 cm³/mol. The highest BCUT2D eigenvalue weighted by Gasteiger charge is 2.22. The highest BCUT2D eigenvalue weighted by atomic mass is 16.5. The molecule has 1 aliphatic rings. The number of ether oxygens (including phenoxy) is 1. The average molecular weight is 258 g/mol. The van der Waals surface area contributed by atoms with Crippen LogP contribution >= 0.6 is 0 Å². The molecule has 98 valence electrons. The molecule has 0 atom stereocenters. The van der Waals surface area contributed by atoms with E-state index in [9.17, 15) is 9.90 Å². The molecule has 1 amide bonds. The number of aromatic nitrogens is 1. The molecule has 3 rings (SSSR count). The van der Waals surface area contributed by atoms with Crippen molar-refractivity contribution >= 4 is 16.8 Å². The van der Waals surface area contributed by atoms with Gasteiger partial charge in [0.15, 0.2) is 5.75 Å². The molecule has 0 aliphatic carbocycles. The lowest BCUT2D eigenvalue weighted by atomic mass is 10.1. The van der Waals surface area contributed by atoms with Crippen LogP contribution in [-0.2, 0) is 4.74 Å². The fourth-order valence-electron chi connectivity index (χ4n) is 2.24. The summed E-state index contributed by atoms with van der Waals surface area (Å²) in [6, 6.07) is 7.10. The molecule has 1 aromatic carbocycles. The van der Waals surface area contributed by atoms with Crippen LogP contribution in [0, 0.1) is 0 Å². The molecule has 5 nitrogen and oxygen atoms in total. The SMILES string of the molecule is O=C(c1ccc2cccnc2c1O)N1CCOCC1. The van der Waals surface area contributed by atoms with Gasteiger partial charge in [-0.1, -0.05) is 12.1 Å². The van der Waals surface area contributed by atoms with Crippen molar-refractivity contribution in [3.63, 3.8) is 0 Å². The fraction of sp³-hybridized carbons (Fsp3) is 0.286. The third-order valence-electron chi connectivity index (χ3n) is 3.28. The first-order valence-corrected chi connectivity index (χ1v) is 6.21. The summed E-state index contributed by atoms with van der Waals surface area (Å²) in [4.78, 5) is 18.2. The van der Waals surface area contributed by atoms with Crippen molar-refractivity contribution < 1.29 is 14.6 Å². The van der Waals surface area contributed by atoms with E-state index in [2.05, 4.69) is 4.98 Å². The van der Waals surface area contributed by atoms with Crippen molar-refractivity contribution in [2.24, 2.45) is 0 Å². The fourth-order valence-corrected chi connectivity index (χ4v) is 2.24. The quantitative estimate of drug-likeness (QED) is 0.840. The van der Waals surface area contributed by atoms with Crippen molar-refractivity contribution in [1.29, 1.82) is 0 Å². The minimum Gasteiger partial charge on any atom is -0.505 e. The molecule has 0 bridgehead atoms. The Bertz CT molecular complexity index is 621. The lowest BCUT2D eigenvalue weighted by molar-refractivity contribution is 0.0301. The molecule has 1 fully saturated rings. The molecule has 0 unspecified atom stereocenters. The number of nitrogens with zero attached hydrogens (tertiary/aromatic N) is 2. The van der Waals surface area contributed by atoms with Gasteiger partial charge in [-0.25, -0.2) is 0 Å². The van der Waals surface area contributed by atoms with Crippen molar-refractivity contribution in [3.05, 3.63) is 36.0 Å². The largest absolute Gasteiger partial charge is 0.505 e. The van der Waals surface area contributed by atoms with Crippen LogP contribution in [0.25, 0.3) is 10.9 Å². The summed E-state index contributed by atoms with van der Waals surface area (Å²) in [6.45, 7) is 2.19. The maximum Gasteiger partial charge on any atom is 0.257 e. The van der Waals surface area contributed by atoms with Gasteiger partial charge in [-0.2, -0.15) is 0 Å². The number of fused-ring (bicyclic) bond motifs is 1. The van der Waals surface area contributed by atoms with Gasteiger partial charge in [0.2, 0.25) is 0 Å². The third-order valence-corrected chi connectivity index (χ3v) is 3.28. The topological polar surface area (TPSA) is 62.7 Å². The van der Waals surface area contributed by atoms with Crippen LogP contribution in [0.5, 0.6) is 5.75 Å². The van der Waals surface area contributed by atoms with E-state index in [1.165, 1.54) is 0 Å². The number of carbonyl (C=O) groups is 1. The summed E-state index contributed by atoms with van der Waals surface area (Å²) in [5, 5.41) is 11.0. The molecule has 1 aliphatic heterocycles. The van der Waals surface area contributed by atoms with Crippen LogP contribution in [0.3, 0.4) is 0 Å². The van der Waals surface area contributed by atoms with E-state index < -0.39 is 0 Å². The number of benzene rings is 1. The van der Waals surface area contributed by atoms with E-state index in [0.717, 1.165) is 5.39 Å². The smallest absolute Gasteiger partial charge is 0.257 e. The maximum atomic E-state index is 12.3. The molecule has 19 heavy (non-hydrogen) atoms. The second-order valence-corrected chi connectivity index (χ2v) is 4.44. The van der Waals surface area contributed by atoms with Gasteiger partial charge in [-0.05, 0) is 12.1 Å². The van der Waals surface area contributed by atoms with E-state index in [0.29, 0.717) is 37.4 Å². The Labute approximate surface area is 110 Å². The standard InChI is InChI=1S/C14H14N2O3/c17-13-11(14(18)16-6-8-19-9-7-16)4-3-10-2-1-5-15-12(10)13/h1-5,17H,6-9H2. The summed E-state index contributed by atoms with van der Waals surface area (Å²) >= 11 is 0. The van der Waals surface area contributed by atoms with Crippen LogP contribution in [-0.4, -0.2) is 47.2 Å².